The molecule has 4 heteroatoms. The molecule has 1 aromatic heterocycles. The van der Waals surface area contributed by atoms with Crippen molar-refractivity contribution in [3.8, 4) is 0 Å². The molecule has 2 unspecified atom stereocenters. The fraction of sp³-hybridized carbons (Fsp3) is 0.778. The normalized spacial score (nSPS) is 30.5. The molecule has 0 bridgehead atoms. The lowest BCUT2D eigenvalue weighted by Crippen LogP contribution is -2.55. The molecule has 0 amide bonds. The molecule has 124 valence electrons. The van der Waals surface area contributed by atoms with Crippen LogP contribution in [0.2, 0.25) is 0 Å². The van der Waals surface area contributed by atoms with E-state index in [4.69, 9.17) is 0 Å². The number of alkyl halides is 1. The second-order valence-electron chi connectivity index (χ2n) is 6.80. The molecule has 0 radical (unpaired) electrons. The average Bonchev–Trinajstić information content (AvgIpc) is 3.05. The van der Waals surface area contributed by atoms with Crippen LogP contribution in [0.25, 0.3) is 0 Å². The Morgan fingerprint density at radius 1 is 1.18 bits per heavy atom. The smallest absolute Gasteiger partial charge is 0.0942 e. The van der Waals surface area contributed by atoms with Gasteiger partial charge in [-0.15, -0.1) is 11.3 Å². The molecule has 2 heterocycles. The van der Waals surface area contributed by atoms with Gasteiger partial charge in [-0.1, -0.05) is 19.3 Å². The molecule has 2 nitrogen and oxygen atoms in total. The minimum Gasteiger partial charge on any atom is -0.396 e. The summed E-state index contributed by atoms with van der Waals surface area (Å²) in [6, 6.07) is 4.33. The van der Waals surface area contributed by atoms with E-state index in [2.05, 4.69) is 17.0 Å². The van der Waals surface area contributed by atoms with Crippen molar-refractivity contribution in [3.63, 3.8) is 0 Å². The number of nitrogens with zero attached hydrogens (tertiary/aromatic N) is 1. The Bertz CT molecular complexity index is 471. The van der Waals surface area contributed by atoms with Crippen LogP contribution in [0.1, 0.15) is 54.7 Å². The summed E-state index contributed by atoms with van der Waals surface area (Å²) in [5.74, 6) is 0.330. The number of thiophene rings is 1. The van der Waals surface area contributed by atoms with Crippen LogP contribution >= 0.6 is 11.3 Å². The molecule has 2 fully saturated rings. The van der Waals surface area contributed by atoms with E-state index in [1.54, 1.807) is 11.3 Å². The Morgan fingerprint density at radius 2 is 2.00 bits per heavy atom. The predicted octanol–water partition coefficient (Wildman–Crippen LogP) is 4.12. The quantitative estimate of drug-likeness (QED) is 0.880. The maximum absolute atomic E-state index is 12.7. The summed E-state index contributed by atoms with van der Waals surface area (Å²) >= 11 is 1.78. The molecule has 2 atom stereocenters. The van der Waals surface area contributed by atoms with Crippen LogP contribution in [0.5, 0.6) is 0 Å². The van der Waals surface area contributed by atoms with E-state index in [0.717, 1.165) is 30.8 Å². The van der Waals surface area contributed by atoms with Crippen LogP contribution in [0.4, 0.5) is 4.39 Å². The zero-order valence-electron chi connectivity index (χ0n) is 13.4. The average molecular weight is 324 g/mol. The summed E-state index contributed by atoms with van der Waals surface area (Å²) in [4.78, 5) is 5.18. The third kappa shape index (κ3) is 2.98. The fourth-order valence-corrected chi connectivity index (χ4v) is 5.81. The molecule has 22 heavy (non-hydrogen) atoms. The molecule has 1 aliphatic heterocycles. The molecule has 2 aliphatic rings. The number of likely N-dealkylation sites (tertiary alicyclic amines) is 1. The summed E-state index contributed by atoms with van der Waals surface area (Å²) in [7, 11) is 0. The monoisotopic (exact) mass is 324 g/mol. The second-order valence-corrected chi connectivity index (χ2v) is 7.97. The van der Waals surface area contributed by atoms with Gasteiger partial charge in [0.1, 0.15) is 0 Å². The lowest BCUT2D eigenvalue weighted by Gasteiger charge is -2.52. The van der Waals surface area contributed by atoms with Crippen LogP contribution in [-0.4, -0.2) is 36.4 Å². The Labute approximate surface area is 137 Å². The van der Waals surface area contributed by atoms with Gasteiger partial charge >= 0.3 is 0 Å². The SMILES string of the molecule is OCC1CCCCC1(c1ccc(CC[18F])s1)N1CCCCC1. The summed E-state index contributed by atoms with van der Waals surface area (Å²) in [5, 5.41) is 10.0. The van der Waals surface area contributed by atoms with Crippen LogP contribution in [0.15, 0.2) is 12.1 Å². The number of hydrogen-bond donors (Lipinski definition) is 1. The molecular formula is C18H28FNOS. The first kappa shape index (κ1) is 16.4. The summed E-state index contributed by atoms with van der Waals surface area (Å²) in [6.07, 6.45) is 9.12. The molecule has 0 aromatic carbocycles. The highest BCUT2D eigenvalue weighted by molar-refractivity contribution is 7.12. The zero-order valence-corrected chi connectivity index (χ0v) is 14.2. The minimum absolute atomic E-state index is 0.00660. The Kier molecular flexibility index (Phi) is 5.53. The van der Waals surface area contributed by atoms with E-state index < -0.39 is 0 Å². The lowest BCUT2D eigenvalue weighted by atomic mass is 9.70. The highest BCUT2D eigenvalue weighted by Crippen LogP contribution is 2.49. The summed E-state index contributed by atoms with van der Waals surface area (Å²) in [5.41, 5.74) is 0.00660. The van der Waals surface area contributed by atoms with Crippen molar-refractivity contribution in [2.24, 2.45) is 5.92 Å². The van der Waals surface area contributed by atoms with Crippen LogP contribution in [-0.2, 0) is 12.0 Å². The van der Waals surface area contributed by atoms with E-state index in [1.165, 1.54) is 37.0 Å². The first-order chi connectivity index (χ1) is 10.8. The van der Waals surface area contributed by atoms with Crippen molar-refractivity contribution in [2.75, 3.05) is 26.4 Å². The van der Waals surface area contributed by atoms with Gasteiger partial charge in [-0.2, -0.15) is 0 Å². The third-order valence-corrected chi connectivity index (χ3v) is 6.92. The maximum Gasteiger partial charge on any atom is 0.0942 e. The van der Waals surface area contributed by atoms with Gasteiger partial charge in [0.2, 0.25) is 0 Å². The topological polar surface area (TPSA) is 23.5 Å². The summed E-state index contributed by atoms with van der Waals surface area (Å²) in [6.45, 7) is 2.28. The van der Waals surface area contributed by atoms with Gasteiger partial charge in [0.25, 0.3) is 0 Å². The van der Waals surface area contributed by atoms with Crippen molar-refractivity contribution in [3.05, 3.63) is 21.9 Å². The van der Waals surface area contributed by atoms with Crippen molar-refractivity contribution in [2.45, 2.75) is 56.9 Å². The van der Waals surface area contributed by atoms with Crippen molar-refractivity contribution >= 4 is 11.3 Å². The van der Waals surface area contributed by atoms with Gasteiger partial charge < -0.3 is 5.11 Å². The van der Waals surface area contributed by atoms with E-state index in [0.29, 0.717) is 12.3 Å². The third-order valence-electron chi connectivity index (χ3n) is 5.61. The summed E-state index contributed by atoms with van der Waals surface area (Å²) < 4.78 is 12.7. The molecule has 1 aromatic rings. The Hall–Kier alpha value is -0.450. The molecule has 1 saturated carbocycles. The van der Waals surface area contributed by atoms with Gasteiger partial charge in [-0.25, -0.2) is 0 Å². The first-order valence-electron chi connectivity index (χ1n) is 8.82. The predicted molar refractivity (Wildman–Crippen MR) is 90.1 cm³/mol. The number of piperidine rings is 1. The van der Waals surface area contributed by atoms with Crippen molar-refractivity contribution in [1.29, 1.82) is 0 Å². The van der Waals surface area contributed by atoms with Crippen molar-refractivity contribution in [1.82, 2.24) is 4.90 Å². The van der Waals surface area contributed by atoms with Gasteiger partial charge in [-0.05, 0) is 50.9 Å². The standard InChI is InChI=1S/C18H28FNOS/c19-11-9-16-7-8-17(22-16)18(20-12-4-1-5-13-20)10-3-2-6-15(18)14-21/h7-8,15,21H,1-6,9-14H2/i19-1. The van der Waals surface area contributed by atoms with Crippen LogP contribution < -0.4 is 0 Å². The molecule has 3 rings (SSSR count). The maximum atomic E-state index is 12.7. The van der Waals surface area contributed by atoms with Gasteiger partial charge in [0.05, 0.1) is 12.2 Å². The molecule has 1 aliphatic carbocycles. The number of aliphatic hydroxyl groups excluding tert-OH is 1. The highest BCUT2D eigenvalue weighted by atomic mass is 32.1. The number of rotatable bonds is 5. The minimum atomic E-state index is -0.278. The lowest BCUT2D eigenvalue weighted by molar-refractivity contribution is -0.0360. The Balaban J connectivity index is 1.96. The van der Waals surface area contributed by atoms with E-state index in [1.807, 2.05) is 0 Å². The van der Waals surface area contributed by atoms with E-state index >= 15 is 0 Å². The molecule has 1 saturated heterocycles. The highest BCUT2D eigenvalue weighted by Gasteiger charge is 2.47. The number of aliphatic hydroxyl groups is 1. The molecule has 1 N–H and O–H groups in total. The number of hydrogen-bond acceptors (Lipinski definition) is 3. The molecular weight excluding hydrogens is 296 g/mol. The second kappa shape index (κ2) is 7.41. The largest absolute Gasteiger partial charge is 0.396 e. The van der Waals surface area contributed by atoms with E-state index in [-0.39, 0.29) is 18.8 Å². The van der Waals surface area contributed by atoms with Crippen molar-refractivity contribution < 1.29 is 9.50 Å². The van der Waals surface area contributed by atoms with Crippen LogP contribution in [0, 0.1) is 5.92 Å². The molecule has 0 spiro atoms. The van der Waals surface area contributed by atoms with E-state index in [9.17, 15) is 9.50 Å². The Morgan fingerprint density at radius 3 is 2.73 bits per heavy atom. The number of aryl methyl sites for hydroxylation is 1. The van der Waals surface area contributed by atoms with Crippen LogP contribution in [0.3, 0.4) is 0 Å². The zero-order chi connectivity index (χ0) is 15.4. The van der Waals surface area contributed by atoms with Gasteiger partial charge in [-0.3, -0.25) is 9.29 Å². The fourth-order valence-electron chi connectivity index (χ4n) is 4.50. The first-order valence-corrected chi connectivity index (χ1v) is 9.64. The number of halogens is 1. The van der Waals surface area contributed by atoms with Gasteiger partial charge in [0.15, 0.2) is 0 Å². The van der Waals surface area contributed by atoms with Gasteiger partial charge in [0, 0.05) is 28.7 Å².